The molecule has 7 heteroatoms. The van der Waals surface area contributed by atoms with Crippen molar-refractivity contribution in [1.29, 1.82) is 0 Å². The van der Waals surface area contributed by atoms with Crippen LogP contribution >= 0.6 is 24.8 Å². The number of hydroxylamine groups is 2. The third-order valence-electron chi connectivity index (χ3n) is 5.08. The molecule has 1 heterocycles. The molecule has 1 aliphatic heterocycles. The zero-order valence-corrected chi connectivity index (χ0v) is 15.9. The number of benzene rings is 1. The van der Waals surface area contributed by atoms with E-state index in [0.717, 1.165) is 37.7 Å². The molecule has 0 spiro atoms. The third-order valence-corrected chi connectivity index (χ3v) is 5.08. The second-order valence-electron chi connectivity index (χ2n) is 6.81. The van der Waals surface area contributed by atoms with Crippen LogP contribution in [0, 0.1) is 0 Å². The number of halogens is 2. The van der Waals surface area contributed by atoms with E-state index in [9.17, 15) is 10.0 Å². The van der Waals surface area contributed by atoms with Crippen molar-refractivity contribution in [2.24, 2.45) is 0 Å². The quantitative estimate of drug-likeness (QED) is 0.647. The topological polar surface area (TPSA) is 47.0 Å². The molecule has 1 N–H and O–H groups in total. The summed E-state index contributed by atoms with van der Waals surface area (Å²) in [6.45, 7) is 5.99. The molecule has 0 radical (unpaired) electrons. The van der Waals surface area contributed by atoms with Crippen LogP contribution in [0.4, 0.5) is 0 Å². The van der Waals surface area contributed by atoms with Gasteiger partial charge in [0.2, 0.25) is 0 Å². The summed E-state index contributed by atoms with van der Waals surface area (Å²) < 4.78 is 0. The largest absolute Gasteiger partial charge is 0.304 e. The number of amides is 1. The van der Waals surface area contributed by atoms with Crippen molar-refractivity contribution in [3.8, 4) is 0 Å². The highest BCUT2D eigenvalue weighted by molar-refractivity contribution is 5.85. The zero-order valence-electron chi connectivity index (χ0n) is 14.2. The Bertz CT molecular complexity index is 538. The second kappa shape index (κ2) is 8.50. The molecule has 0 bridgehead atoms. The van der Waals surface area contributed by atoms with E-state index in [2.05, 4.69) is 29.0 Å². The summed E-state index contributed by atoms with van der Waals surface area (Å²) >= 11 is 0. The summed E-state index contributed by atoms with van der Waals surface area (Å²) in [5.74, 6) is 0.0422. The van der Waals surface area contributed by atoms with Gasteiger partial charge in [-0.05, 0) is 26.0 Å². The Kier molecular flexibility index (Phi) is 7.50. The molecule has 2 fully saturated rings. The summed E-state index contributed by atoms with van der Waals surface area (Å²) in [4.78, 5) is 16.8. The maximum atomic E-state index is 12.4. The number of hydrogen-bond donors (Lipinski definition) is 1. The van der Waals surface area contributed by atoms with Gasteiger partial charge < -0.3 is 4.90 Å². The lowest BCUT2D eigenvalue weighted by Crippen LogP contribution is -2.50. The Morgan fingerprint density at radius 1 is 1.21 bits per heavy atom. The molecular formula is C17H27Cl2N3O2. The molecule has 0 aromatic heterocycles. The van der Waals surface area contributed by atoms with E-state index in [1.807, 2.05) is 25.1 Å². The number of rotatable bonds is 4. The molecule has 5 nitrogen and oxygen atoms in total. The van der Waals surface area contributed by atoms with Crippen molar-refractivity contribution in [1.82, 2.24) is 14.9 Å². The molecule has 136 valence electrons. The SMILES string of the molecule is CN1CCN(CC(=O)N(O)[C@@]2(C)C[C@@H]2c2ccccc2)CC1.Cl.Cl. The van der Waals surface area contributed by atoms with Gasteiger partial charge in [0.25, 0.3) is 5.91 Å². The van der Waals surface area contributed by atoms with Crippen LogP contribution in [0.5, 0.6) is 0 Å². The average Bonchev–Trinajstić information content (AvgIpc) is 3.23. The predicted molar refractivity (Wildman–Crippen MR) is 99.3 cm³/mol. The van der Waals surface area contributed by atoms with E-state index >= 15 is 0 Å². The van der Waals surface area contributed by atoms with Crippen LogP contribution in [0.25, 0.3) is 0 Å². The number of piperazine rings is 1. The number of hydrogen-bond acceptors (Lipinski definition) is 4. The van der Waals surface area contributed by atoms with Crippen LogP contribution in [0.3, 0.4) is 0 Å². The normalized spacial score (nSPS) is 26.9. The maximum absolute atomic E-state index is 12.4. The van der Waals surface area contributed by atoms with Crippen LogP contribution in [0.2, 0.25) is 0 Å². The maximum Gasteiger partial charge on any atom is 0.260 e. The van der Waals surface area contributed by atoms with Crippen LogP contribution < -0.4 is 0 Å². The first-order valence-corrected chi connectivity index (χ1v) is 7.98. The predicted octanol–water partition coefficient (Wildman–Crippen LogP) is 2.24. The molecule has 2 atom stereocenters. The average molecular weight is 376 g/mol. The highest BCUT2D eigenvalue weighted by atomic mass is 35.5. The standard InChI is InChI=1S/C17H25N3O2.2ClH/c1-17(12-15(17)14-6-4-3-5-7-14)20(22)16(21)13-19-10-8-18(2)9-11-19;;/h3-7,15,22H,8-13H2,1-2H3;2*1H/t15-,17+;;/m1../s1. The minimum Gasteiger partial charge on any atom is -0.304 e. The van der Waals surface area contributed by atoms with E-state index < -0.39 is 5.54 Å². The van der Waals surface area contributed by atoms with Gasteiger partial charge in [-0.15, -0.1) is 24.8 Å². The molecule has 1 saturated carbocycles. The fourth-order valence-electron chi connectivity index (χ4n) is 3.30. The van der Waals surface area contributed by atoms with E-state index in [-0.39, 0.29) is 36.6 Å². The van der Waals surface area contributed by atoms with Gasteiger partial charge in [-0.1, -0.05) is 30.3 Å². The second-order valence-corrected chi connectivity index (χ2v) is 6.81. The third kappa shape index (κ3) is 4.41. The van der Waals surface area contributed by atoms with E-state index in [1.165, 1.54) is 5.56 Å². The first-order valence-electron chi connectivity index (χ1n) is 7.98. The van der Waals surface area contributed by atoms with Crippen LogP contribution in [0.1, 0.15) is 24.8 Å². The van der Waals surface area contributed by atoms with Gasteiger partial charge >= 0.3 is 0 Å². The van der Waals surface area contributed by atoms with Gasteiger partial charge in [0.05, 0.1) is 12.1 Å². The molecule has 24 heavy (non-hydrogen) atoms. The fraction of sp³-hybridized carbons (Fsp3) is 0.588. The fourth-order valence-corrected chi connectivity index (χ4v) is 3.30. The van der Waals surface area contributed by atoms with Gasteiger partial charge in [-0.25, -0.2) is 5.06 Å². The van der Waals surface area contributed by atoms with Crippen LogP contribution in [-0.4, -0.2) is 71.3 Å². The smallest absolute Gasteiger partial charge is 0.260 e. The number of likely N-dealkylation sites (N-methyl/N-ethyl adjacent to an activating group) is 1. The molecular weight excluding hydrogens is 349 g/mol. The van der Waals surface area contributed by atoms with Gasteiger partial charge in [-0.2, -0.15) is 0 Å². The van der Waals surface area contributed by atoms with Gasteiger partial charge in [-0.3, -0.25) is 14.9 Å². The number of carbonyl (C=O) groups is 1. The monoisotopic (exact) mass is 375 g/mol. The molecule has 3 rings (SSSR count). The van der Waals surface area contributed by atoms with Gasteiger partial charge in [0.15, 0.2) is 0 Å². The molecule has 0 unspecified atom stereocenters. The summed E-state index contributed by atoms with van der Waals surface area (Å²) in [5.41, 5.74) is 0.738. The van der Waals surface area contributed by atoms with Crippen LogP contribution in [0.15, 0.2) is 30.3 Å². The van der Waals surface area contributed by atoms with Crippen molar-refractivity contribution in [2.75, 3.05) is 39.8 Å². The first-order chi connectivity index (χ1) is 10.5. The molecule has 1 aromatic carbocycles. The minimum absolute atomic E-state index is 0. The minimum atomic E-state index is -0.453. The van der Waals surface area contributed by atoms with E-state index in [0.29, 0.717) is 6.54 Å². The lowest BCUT2D eigenvalue weighted by atomic mass is 10.1. The van der Waals surface area contributed by atoms with Crippen molar-refractivity contribution in [3.63, 3.8) is 0 Å². The highest BCUT2D eigenvalue weighted by Gasteiger charge is 2.57. The molecule has 1 amide bonds. The lowest BCUT2D eigenvalue weighted by Gasteiger charge is -2.33. The Hall–Kier alpha value is -0.850. The van der Waals surface area contributed by atoms with Crippen molar-refractivity contribution in [3.05, 3.63) is 35.9 Å². The van der Waals surface area contributed by atoms with E-state index in [4.69, 9.17) is 0 Å². The number of nitrogens with zero attached hydrogens (tertiary/aromatic N) is 3. The molecule has 1 saturated heterocycles. The lowest BCUT2D eigenvalue weighted by molar-refractivity contribution is -0.180. The van der Waals surface area contributed by atoms with Gasteiger partial charge in [0, 0.05) is 32.1 Å². The number of carbonyl (C=O) groups excluding carboxylic acids is 1. The Balaban J connectivity index is 0.00000144. The first kappa shape index (κ1) is 21.2. The van der Waals surface area contributed by atoms with Gasteiger partial charge in [0.1, 0.15) is 0 Å². The Labute approximate surface area is 156 Å². The summed E-state index contributed by atoms with van der Waals surface area (Å²) in [6.07, 6.45) is 0.821. The van der Waals surface area contributed by atoms with Crippen LogP contribution in [-0.2, 0) is 4.79 Å². The summed E-state index contributed by atoms with van der Waals surface area (Å²) in [5, 5.41) is 11.4. The molecule has 2 aliphatic rings. The van der Waals surface area contributed by atoms with Crippen molar-refractivity contribution in [2.45, 2.75) is 24.8 Å². The van der Waals surface area contributed by atoms with Crippen molar-refractivity contribution >= 4 is 30.7 Å². The molecule has 1 aliphatic carbocycles. The Morgan fingerprint density at radius 2 is 1.79 bits per heavy atom. The zero-order chi connectivity index (χ0) is 15.7. The summed E-state index contributed by atoms with van der Waals surface area (Å²) in [7, 11) is 2.09. The molecule has 1 aromatic rings. The van der Waals surface area contributed by atoms with Crippen molar-refractivity contribution < 1.29 is 10.0 Å². The highest BCUT2D eigenvalue weighted by Crippen LogP contribution is 2.54. The Morgan fingerprint density at radius 3 is 2.38 bits per heavy atom. The van der Waals surface area contributed by atoms with E-state index in [1.54, 1.807) is 0 Å². The summed E-state index contributed by atoms with van der Waals surface area (Å²) in [6, 6.07) is 10.1.